The van der Waals surface area contributed by atoms with E-state index in [0.717, 1.165) is 5.56 Å². The van der Waals surface area contributed by atoms with E-state index in [2.05, 4.69) is 4.98 Å². The molecule has 0 aliphatic heterocycles. The first-order chi connectivity index (χ1) is 9.19. The van der Waals surface area contributed by atoms with Crippen molar-refractivity contribution >= 4 is 17.4 Å². The van der Waals surface area contributed by atoms with Gasteiger partial charge in [-0.1, -0.05) is 23.7 Å². The molecule has 4 heteroatoms. The Kier molecular flexibility index (Phi) is 4.53. The predicted molar refractivity (Wildman–Crippen MR) is 74.9 cm³/mol. The predicted octanol–water partition coefficient (Wildman–Crippen LogP) is 3.56. The van der Waals surface area contributed by atoms with Gasteiger partial charge >= 0.3 is 0 Å². The van der Waals surface area contributed by atoms with Gasteiger partial charge in [-0.25, -0.2) is 0 Å². The number of carbonyl (C=O) groups is 1. The quantitative estimate of drug-likeness (QED) is 0.783. The molecule has 19 heavy (non-hydrogen) atoms. The Labute approximate surface area is 117 Å². The van der Waals surface area contributed by atoms with E-state index in [1.807, 2.05) is 19.1 Å². The minimum absolute atomic E-state index is 0.00341. The topological polar surface area (TPSA) is 39.2 Å². The van der Waals surface area contributed by atoms with Crippen molar-refractivity contribution in [3.05, 3.63) is 58.9 Å². The van der Waals surface area contributed by atoms with Crippen LogP contribution in [0.4, 0.5) is 0 Å². The van der Waals surface area contributed by atoms with E-state index in [4.69, 9.17) is 16.3 Å². The number of pyridine rings is 1. The van der Waals surface area contributed by atoms with Crippen LogP contribution in [0.5, 0.6) is 5.75 Å². The van der Waals surface area contributed by atoms with E-state index >= 15 is 0 Å². The van der Waals surface area contributed by atoms with Crippen molar-refractivity contribution in [1.29, 1.82) is 0 Å². The van der Waals surface area contributed by atoms with E-state index < -0.39 is 0 Å². The number of hydrogen-bond acceptors (Lipinski definition) is 3. The van der Waals surface area contributed by atoms with Crippen LogP contribution in [-0.4, -0.2) is 17.4 Å². The second kappa shape index (κ2) is 6.34. The van der Waals surface area contributed by atoms with E-state index in [1.54, 1.807) is 30.6 Å². The van der Waals surface area contributed by atoms with Crippen LogP contribution in [0.15, 0.2) is 42.7 Å². The number of benzene rings is 1. The highest BCUT2D eigenvalue weighted by Crippen LogP contribution is 2.16. The summed E-state index contributed by atoms with van der Waals surface area (Å²) < 4.78 is 5.33. The molecule has 0 bridgehead atoms. The zero-order valence-corrected chi connectivity index (χ0v) is 11.4. The van der Waals surface area contributed by atoms with Crippen molar-refractivity contribution in [2.45, 2.75) is 13.3 Å². The van der Waals surface area contributed by atoms with E-state index in [9.17, 15) is 4.79 Å². The van der Waals surface area contributed by atoms with Crippen molar-refractivity contribution in [2.75, 3.05) is 6.61 Å². The molecule has 3 nitrogen and oxygen atoms in total. The summed E-state index contributed by atoms with van der Waals surface area (Å²) in [5.41, 5.74) is 1.44. The lowest BCUT2D eigenvalue weighted by Gasteiger charge is -2.05. The fourth-order valence-corrected chi connectivity index (χ4v) is 1.96. The van der Waals surface area contributed by atoms with Gasteiger partial charge in [0.05, 0.1) is 12.8 Å². The second-order valence-corrected chi connectivity index (χ2v) is 4.51. The Morgan fingerprint density at radius 2 is 2.16 bits per heavy atom. The number of hydrogen-bond donors (Lipinski definition) is 0. The summed E-state index contributed by atoms with van der Waals surface area (Å²) in [4.78, 5) is 16.2. The average molecular weight is 276 g/mol. The summed E-state index contributed by atoms with van der Waals surface area (Å²) in [6.45, 7) is 2.44. The Hall–Kier alpha value is -1.87. The number of carbonyl (C=O) groups excluding carboxylic acids is 1. The Balaban J connectivity index is 2.13. The Morgan fingerprint density at radius 3 is 2.89 bits per heavy atom. The smallest absolute Gasteiger partial charge is 0.168 e. The highest BCUT2D eigenvalue weighted by molar-refractivity contribution is 6.30. The van der Waals surface area contributed by atoms with Crippen LogP contribution in [0.25, 0.3) is 0 Å². The van der Waals surface area contributed by atoms with Gasteiger partial charge in [0.15, 0.2) is 5.78 Å². The molecular weight excluding hydrogens is 262 g/mol. The average Bonchev–Trinajstić information content (AvgIpc) is 2.39. The molecule has 2 aromatic rings. The maximum Gasteiger partial charge on any atom is 0.168 e. The monoisotopic (exact) mass is 275 g/mol. The molecule has 0 saturated carbocycles. The van der Waals surface area contributed by atoms with Gasteiger partial charge in [-0.15, -0.1) is 0 Å². The first-order valence-corrected chi connectivity index (χ1v) is 6.42. The van der Waals surface area contributed by atoms with Gasteiger partial charge in [0.2, 0.25) is 0 Å². The number of ketones is 1. The number of halogens is 1. The van der Waals surface area contributed by atoms with Crippen LogP contribution in [0, 0.1) is 0 Å². The zero-order chi connectivity index (χ0) is 13.7. The van der Waals surface area contributed by atoms with Crippen molar-refractivity contribution in [3.8, 4) is 5.75 Å². The van der Waals surface area contributed by atoms with Gasteiger partial charge in [-0.05, 0) is 30.7 Å². The molecular formula is C15H14ClNO2. The molecule has 0 atom stereocenters. The lowest BCUT2D eigenvalue weighted by molar-refractivity contribution is 0.0992. The Bertz CT molecular complexity index is 584. The molecule has 0 spiro atoms. The minimum Gasteiger partial charge on any atom is -0.492 e. The van der Waals surface area contributed by atoms with Gasteiger partial charge in [-0.3, -0.25) is 9.78 Å². The molecule has 1 aromatic heterocycles. The zero-order valence-electron chi connectivity index (χ0n) is 10.6. The highest BCUT2D eigenvalue weighted by atomic mass is 35.5. The molecule has 0 unspecified atom stereocenters. The third-order valence-electron chi connectivity index (χ3n) is 2.60. The van der Waals surface area contributed by atoms with Crippen LogP contribution < -0.4 is 4.74 Å². The summed E-state index contributed by atoms with van der Waals surface area (Å²) in [5, 5.41) is 0.631. The van der Waals surface area contributed by atoms with Crippen LogP contribution >= 0.6 is 11.6 Å². The summed E-state index contributed by atoms with van der Waals surface area (Å²) >= 11 is 5.90. The number of aromatic nitrogens is 1. The molecule has 0 aliphatic rings. The van der Waals surface area contributed by atoms with Crippen LogP contribution in [-0.2, 0) is 6.42 Å². The van der Waals surface area contributed by atoms with Crippen LogP contribution in [0.1, 0.15) is 22.8 Å². The van der Waals surface area contributed by atoms with E-state index in [-0.39, 0.29) is 5.78 Å². The standard InChI is InChI=1S/C15H14ClNO2/c1-2-19-14-8-12(9-17-10-14)15(18)7-11-4-3-5-13(16)6-11/h3-6,8-10H,2,7H2,1H3. The van der Waals surface area contributed by atoms with Gasteiger partial charge in [0.1, 0.15) is 5.75 Å². The molecule has 0 fully saturated rings. The number of rotatable bonds is 5. The summed E-state index contributed by atoms with van der Waals surface area (Å²) in [7, 11) is 0. The molecule has 0 aliphatic carbocycles. The van der Waals surface area contributed by atoms with E-state index in [1.165, 1.54) is 0 Å². The third-order valence-corrected chi connectivity index (χ3v) is 2.83. The summed E-state index contributed by atoms with van der Waals surface area (Å²) in [5.74, 6) is 0.607. The second-order valence-electron chi connectivity index (χ2n) is 4.07. The normalized spacial score (nSPS) is 10.2. The number of ether oxygens (including phenoxy) is 1. The molecule has 1 aromatic carbocycles. The summed E-state index contributed by atoms with van der Waals surface area (Å²) in [6.07, 6.45) is 3.45. The Morgan fingerprint density at radius 1 is 1.32 bits per heavy atom. The van der Waals surface area contributed by atoms with Crippen molar-refractivity contribution in [3.63, 3.8) is 0 Å². The SMILES string of the molecule is CCOc1cncc(C(=O)Cc2cccc(Cl)c2)c1. The number of nitrogens with zero attached hydrogens (tertiary/aromatic N) is 1. The lowest BCUT2D eigenvalue weighted by Crippen LogP contribution is -2.05. The fraction of sp³-hybridized carbons (Fsp3) is 0.200. The lowest BCUT2D eigenvalue weighted by atomic mass is 10.0. The van der Waals surface area contributed by atoms with Crippen molar-refractivity contribution < 1.29 is 9.53 Å². The molecule has 0 N–H and O–H groups in total. The van der Waals surface area contributed by atoms with Crippen LogP contribution in [0.3, 0.4) is 0 Å². The highest BCUT2D eigenvalue weighted by Gasteiger charge is 2.09. The molecule has 0 amide bonds. The maximum atomic E-state index is 12.1. The van der Waals surface area contributed by atoms with Gasteiger partial charge in [-0.2, -0.15) is 0 Å². The van der Waals surface area contributed by atoms with E-state index in [0.29, 0.717) is 29.4 Å². The molecule has 1 heterocycles. The molecule has 0 radical (unpaired) electrons. The summed E-state index contributed by atoms with van der Waals surface area (Å²) in [6, 6.07) is 9.00. The minimum atomic E-state index is -0.00341. The number of Topliss-reactive ketones (excluding diaryl/α,β-unsaturated/α-hetero) is 1. The van der Waals surface area contributed by atoms with Crippen molar-refractivity contribution in [1.82, 2.24) is 4.98 Å². The molecule has 0 saturated heterocycles. The fourth-order valence-electron chi connectivity index (χ4n) is 1.75. The van der Waals surface area contributed by atoms with Gasteiger partial charge in [0, 0.05) is 23.2 Å². The maximum absolute atomic E-state index is 12.1. The third kappa shape index (κ3) is 3.80. The van der Waals surface area contributed by atoms with Gasteiger partial charge < -0.3 is 4.74 Å². The van der Waals surface area contributed by atoms with Crippen LogP contribution in [0.2, 0.25) is 5.02 Å². The molecule has 2 rings (SSSR count). The van der Waals surface area contributed by atoms with Crippen molar-refractivity contribution in [2.24, 2.45) is 0 Å². The van der Waals surface area contributed by atoms with Gasteiger partial charge in [0.25, 0.3) is 0 Å². The molecule has 98 valence electrons. The largest absolute Gasteiger partial charge is 0.492 e. The first-order valence-electron chi connectivity index (χ1n) is 6.04. The first kappa shape index (κ1) is 13.6.